The Balaban J connectivity index is 0.913. The van der Waals surface area contributed by atoms with E-state index in [1.54, 1.807) is 0 Å². The molecular formula is C78H64N8. The molecule has 0 amide bonds. The number of pyridine rings is 2. The number of fused-ring (bicyclic) bond motifs is 3. The number of rotatable bonds is 12. The molecule has 8 nitrogen and oxygen atoms in total. The predicted octanol–water partition coefficient (Wildman–Crippen LogP) is 20.5. The minimum absolute atomic E-state index is 0.00225. The zero-order valence-electron chi connectivity index (χ0n) is 49.1. The third-order valence-corrected chi connectivity index (χ3v) is 16.3. The van der Waals surface area contributed by atoms with E-state index in [-0.39, 0.29) is 10.8 Å². The number of anilines is 6. The van der Waals surface area contributed by atoms with E-state index in [1.165, 1.54) is 11.1 Å². The van der Waals surface area contributed by atoms with Gasteiger partial charge in [-0.1, -0.05) is 199 Å². The van der Waals surface area contributed by atoms with Crippen LogP contribution in [0, 0.1) is 0 Å². The molecule has 0 aliphatic carbocycles. The van der Waals surface area contributed by atoms with Gasteiger partial charge < -0.3 is 18.6 Å². The first-order chi connectivity index (χ1) is 41.9. The second-order valence-electron chi connectivity index (χ2n) is 24.1. The van der Waals surface area contributed by atoms with Gasteiger partial charge in [0.25, 0.3) is 0 Å². The Morgan fingerprint density at radius 1 is 0.279 bits per heavy atom. The average molecular weight is 1110 g/mol. The molecule has 14 rings (SSSR count). The van der Waals surface area contributed by atoms with Crippen molar-refractivity contribution in [2.75, 3.05) is 9.80 Å². The SMILES string of the molecule is CC(C)(C)c1ccc(-c2ccc(-c3ccc(C(C)(C)C)cc3)c3nc(-c4ccc(N(c5ccccc5)c5ccc(-c6cn7ccccc7n6)cc5)cc4)c(-c4ccc(N(c5ccccc5)c5ccc(-c6cn7ccccc7n6)cc5)cc4)nc23)cc1. The number of para-hydroxylation sites is 2. The number of nitrogens with zero attached hydrogens (tertiary/aromatic N) is 8. The van der Waals surface area contributed by atoms with E-state index < -0.39 is 0 Å². The molecule has 416 valence electrons. The average Bonchev–Trinajstić information content (AvgIpc) is 1.28. The quantitative estimate of drug-likeness (QED) is 0.121. The highest BCUT2D eigenvalue weighted by Gasteiger charge is 2.23. The molecule has 14 aromatic rings. The predicted molar refractivity (Wildman–Crippen MR) is 356 cm³/mol. The maximum absolute atomic E-state index is 5.86. The molecule has 0 aliphatic rings. The van der Waals surface area contributed by atoms with Crippen LogP contribution in [0.5, 0.6) is 0 Å². The molecule has 0 spiro atoms. The largest absolute Gasteiger partial charge is 0.311 e. The van der Waals surface area contributed by atoms with Crippen molar-refractivity contribution in [3.05, 3.63) is 291 Å². The zero-order chi connectivity index (χ0) is 58.5. The Hall–Kier alpha value is -10.7. The highest BCUT2D eigenvalue weighted by Crippen LogP contribution is 2.43. The van der Waals surface area contributed by atoms with Gasteiger partial charge in [0.1, 0.15) is 11.3 Å². The van der Waals surface area contributed by atoms with E-state index in [1.807, 2.05) is 48.8 Å². The maximum Gasteiger partial charge on any atom is 0.137 e. The van der Waals surface area contributed by atoms with Gasteiger partial charge in [-0.05, 0) is 130 Å². The fraction of sp³-hybridized carbons (Fsp3) is 0.103. The minimum atomic E-state index is 0.00225. The first-order valence-corrected chi connectivity index (χ1v) is 29.4. The van der Waals surface area contributed by atoms with Crippen molar-refractivity contribution in [3.8, 4) is 67.3 Å². The molecule has 5 aromatic heterocycles. The summed E-state index contributed by atoms with van der Waals surface area (Å²) < 4.78 is 4.12. The van der Waals surface area contributed by atoms with Crippen LogP contribution >= 0.6 is 0 Å². The second-order valence-corrected chi connectivity index (χ2v) is 24.1. The Morgan fingerprint density at radius 3 is 0.907 bits per heavy atom. The summed E-state index contributed by atoms with van der Waals surface area (Å²) in [6, 6.07) is 90.6. The Morgan fingerprint density at radius 2 is 0.581 bits per heavy atom. The number of hydrogen-bond acceptors (Lipinski definition) is 6. The summed E-state index contributed by atoms with van der Waals surface area (Å²) in [7, 11) is 0. The van der Waals surface area contributed by atoms with E-state index in [4.69, 9.17) is 19.9 Å². The van der Waals surface area contributed by atoms with Gasteiger partial charge in [0.15, 0.2) is 0 Å². The number of hydrogen-bond donors (Lipinski definition) is 0. The molecule has 5 heterocycles. The first-order valence-electron chi connectivity index (χ1n) is 29.4. The Kier molecular flexibility index (Phi) is 13.5. The van der Waals surface area contributed by atoms with Crippen molar-refractivity contribution in [2.24, 2.45) is 0 Å². The Labute approximate surface area is 502 Å². The fourth-order valence-corrected chi connectivity index (χ4v) is 11.6. The third kappa shape index (κ3) is 10.4. The monoisotopic (exact) mass is 1110 g/mol. The summed E-state index contributed by atoms with van der Waals surface area (Å²) >= 11 is 0. The van der Waals surface area contributed by atoms with Gasteiger partial charge in [0.05, 0.1) is 33.8 Å². The maximum atomic E-state index is 5.86. The first kappa shape index (κ1) is 53.3. The molecule has 0 saturated heterocycles. The van der Waals surface area contributed by atoms with Gasteiger partial charge in [-0.15, -0.1) is 0 Å². The molecule has 0 bridgehead atoms. The van der Waals surface area contributed by atoms with Gasteiger partial charge in [-0.2, -0.15) is 0 Å². The minimum Gasteiger partial charge on any atom is -0.311 e. The van der Waals surface area contributed by atoms with Gasteiger partial charge in [-0.25, -0.2) is 19.9 Å². The number of aromatic nitrogens is 6. The smallest absolute Gasteiger partial charge is 0.137 e. The lowest BCUT2D eigenvalue weighted by Gasteiger charge is -2.26. The third-order valence-electron chi connectivity index (χ3n) is 16.3. The van der Waals surface area contributed by atoms with Crippen LogP contribution in [0.2, 0.25) is 0 Å². The normalized spacial score (nSPS) is 11.8. The standard InChI is InChI=1S/C78H64N8/c1-77(2,3)59-35-23-53(24-36-59)67-47-48-68(54-25-37-60(38-26-54)78(4,5)6)76-75(67)81-73(57-31-43-65(44-32-57)85(61-17-9-7-10-18-61)63-39-27-55(28-40-63)69-51-83-49-15-13-21-71(83)79-69)74(82-76)58-33-45-66(46-34-58)86(62-19-11-8-12-20-62)64-41-29-56(30-42-64)70-52-84-50-16-14-22-72(84)80-70/h7-52H,1-6H3. The molecule has 0 atom stereocenters. The van der Waals surface area contributed by atoms with Crippen LogP contribution in [0.15, 0.2) is 280 Å². The lowest BCUT2D eigenvalue weighted by molar-refractivity contribution is 0.590. The van der Waals surface area contributed by atoms with Crippen molar-refractivity contribution in [1.82, 2.24) is 28.7 Å². The lowest BCUT2D eigenvalue weighted by atomic mass is 9.85. The van der Waals surface area contributed by atoms with E-state index >= 15 is 0 Å². The Bertz CT molecular complexity index is 4340. The van der Waals surface area contributed by atoms with Crippen LogP contribution in [0.4, 0.5) is 34.1 Å². The highest BCUT2D eigenvalue weighted by atomic mass is 15.1. The molecule has 0 aliphatic heterocycles. The summed E-state index contributed by atoms with van der Waals surface area (Å²) in [5, 5.41) is 0. The molecular weight excluding hydrogens is 1050 g/mol. The van der Waals surface area contributed by atoms with E-state index in [2.05, 4.69) is 291 Å². The van der Waals surface area contributed by atoms with Crippen molar-refractivity contribution in [3.63, 3.8) is 0 Å². The molecule has 0 radical (unpaired) electrons. The molecule has 86 heavy (non-hydrogen) atoms. The number of imidazole rings is 2. The van der Waals surface area contributed by atoms with Crippen LogP contribution < -0.4 is 9.80 Å². The number of benzene rings is 9. The molecule has 0 N–H and O–H groups in total. The van der Waals surface area contributed by atoms with Crippen molar-refractivity contribution in [1.29, 1.82) is 0 Å². The highest BCUT2D eigenvalue weighted by molar-refractivity contribution is 6.03. The lowest BCUT2D eigenvalue weighted by Crippen LogP contribution is -2.10. The molecule has 8 heteroatoms. The summed E-state index contributed by atoms with van der Waals surface area (Å²) in [5.41, 5.74) is 23.9. The van der Waals surface area contributed by atoms with Gasteiger partial charge in [0.2, 0.25) is 0 Å². The van der Waals surface area contributed by atoms with Gasteiger partial charge in [0, 0.05) is 92.3 Å². The van der Waals surface area contributed by atoms with E-state index in [0.717, 1.165) is 124 Å². The molecule has 0 saturated carbocycles. The van der Waals surface area contributed by atoms with E-state index in [9.17, 15) is 0 Å². The van der Waals surface area contributed by atoms with Crippen molar-refractivity contribution >= 4 is 56.5 Å². The summed E-state index contributed by atoms with van der Waals surface area (Å²) in [4.78, 5) is 26.1. The zero-order valence-corrected chi connectivity index (χ0v) is 49.1. The van der Waals surface area contributed by atoms with Crippen LogP contribution in [0.25, 0.3) is 89.6 Å². The second kappa shape index (κ2) is 21.8. The molecule has 0 fully saturated rings. The van der Waals surface area contributed by atoms with Crippen LogP contribution in [-0.4, -0.2) is 28.7 Å². The van der Waals surface area contributed by atoms with Crippen molar-refractivity contribution < 1.29 is 0 Å². The van der Waals surface area contributed by atoms with Gasteiger partial charge in [-0.3, -0.25) is 0 Å². The summed E-state index contributed by atoms with van der Waals surface area (Å²) in [5.74, 6) is 0. The summed E-state index contributed by atoms with van der Waals surface area (Å²) in [6.45, 7) is 13.5. The van der Waals surface area contributed by atoms with Crippen LogP contribution in [-0.2, 0) is 10.8 Å². The molecule has 9 aromatic carbocycles. The topological polar surface area (TPSA) is 66.9 Å². The van der Waals surface area contributed by atoms with Crippen LogP contribution in [0.1, 0.15) is 52.7 Å². The van der Waals surface area contributed by atoms with Crippen LogP contribution in [0.3, 0.4) is 0 Å². The fourth-order valence-electron chi connectivity index (χ4n) is 11.6. The summed E-state index contributed by atoms with van der Waals surface area (Å²) in [6.07, 6.45) is 8.23. The van der Waals surface area contributed by atoms with Crippen molar-refractivity contribution in [2.45, 2.75) is 52.4 Å². The van der Waals surface area contributed by atoms with Gasteiger partial charge >= 0.3 is 0 Å². The molecule has 0 unspecified atom stereocenters. The van der Waals surface area contributed by atoms with E-state index in [0.29, 0.717) is 0 Å².